The van der Waals surface area contributed by atoms with Crippen LogP contribution in [0.5, 0.6) is 11.5 Å². The van der Waals surface area contributed by atoms with Gasteiger partial charge in [-0.1, -0.05) is 24.3 Å². The standard InChI is InChI=1S/C22H30N2O4/c1-26-21-9-8-18(14-22(21)27-2)16-28-17-20(25)15-23-10-12-24(13-11-23)19-6-4-3-5-7-19/h3-9,14,20,25H,10-13,15-17H2,1-2H3/p+1/t20-/m1/s1. The van der Waals surface area contributed by atoms with Crippen LogP contribution in [0, 0.1) is 0 Å². The number of aliphatic hydroxyl groups is 1. The average Bonchev–Trinajstić information content (AvgIpc) is 2.74. The zero-order valence-electron chi connectivity index (χ0n) is 16.8. The van der Waals surface area contributed by atoms with E-state index in [2.05, 4.69) is 29.2 Å². The predicted octanol–water partition coefficient (Wildman–Crippen LogP) is 0.986. The molecule has 2 N–H and O–H groups in total. The number of nitrogens with one attached hydrogen (secondary N) is 1. The summed E-state index contributed by atoms with van der Waals surface area (Å²) in [5.74, 6) is 1.38. The molecule has 2 aromatic carbocycles. The second kappa shape index (κ2) is 10.3. The number of methoxy groups -OCH3 is 2. The van der Waals surface area contributed by atoms with Gasteiger partial charge in [-0.3, -0.25) is 0 Å². The fourth-order valence-corrected chi connectivity index (χ4v) is 3.60. The van der Waals surface area contributed by atoms with Crippen LogP contribution >= 0.6 is 0 Å². The van der Waals surface area contributed by atoms with Crippen molar-refractivity contribution in [2.75, 3.05) is 58.5 Å². The first-order valence-electron chi connectivity index (χ1n) is 9.80. The lowest BCUT2D eigenvalue weighted by molar-refractivity contribution is -0.903. The highest BCUT2D eigenvalue weighted by atomic mass is 16.5. The lowest BCUT2D eigenvalue weighted by Crippen LogP contribution is -3.16. The van der Waals surface area contributed by atoms with Crippen molar-refractivity contribution in [2.24, 2.45) is 0 Å². The van der Waals surface area contributed by atoms with Gasteiger partial charge in [-0.2, -0.15) is 0 Å². The van der Waals surface area contributed by atoms with Crippen molar-refractivity contribution >= 4 is 5.69 Å². The Balaban J connectivity index is 1.38. The van der Waals surface area contributed by atoms with Crippen molar-refractivity contribution in [2.45, 2.75) is 12.7 Å². The molecule has 0 radical (unpaired) electrons. The van der Waals surface area contributed by atoms with Gasteiger partial charge in [0.2, 0.25) is 0 Å². The van der Waals surface area contributed by atoms with Crippen LogP contribution in [0.2, 0.25) is 0 Å². The molecule has 6 heteroatoms. The number of aliphatic hydroxyl groups excluding tert-OH is 1. The molecule has 1 fully saturated rings. The molecule has 0 amide bonds. The molecule has 1 atom stereocenters. The number of benzene rings is 2. The van der Waals surface area contributed by atoms with Gasteiger partial charge in [-0.05, 0) is 29.8 Å². The molecular formula is C22H31N2O4+. The van der Waals surface area contributed by atoms with Gasteiger partial charge in [0, 0.05) is 5.69 Å². The number of hydrogen-bond donors (Lipinski definition) is 2. The SMILES string of the molecule is COc1ccc(COC[C@H](O)C[NH+]2CCN(c3ccccc3)CC2)cc1OC. The van der Waals surface area contributed by atoms with E-state index in [1.54, 1.807) is 14.2 Å². The van der Waals surface area contributed by atoms with Crippen molar-refractivity contribution in [1.29, 1.82) is 0 Å². The third kappa shape index (κ3) is 5.61. The number of ether oxygens (including phenoxy) is 3. The number of quaternary nitrogens is 1. The van der Waals surface area contributed by atoms with Crippen LogP contribution in [-0.2, 0) is 11.3 Å². The third-order valence-corrected chi connectivity index (χ3v) is 5.14. The maximum atomic E-state index is 10.3. The number of nitrogens with zero attached hydrogens (tertiary/aromatic N) is 1. The Morgan fingerprint density at radius 3 is 2.39 bits per heavy atom. The fraction of sp³-hybridized carbons (Fsp3) is 0.455. The zero-order valence-corrected chi connectivity index (χ0v) is 16.8. The quantitative estimate of drug-likeness (QED) is 0.672. The number of hydrogen-bond acceptors (Lipinski definition) is 5. The molecule has 152 valence electrons. The van der Waals surface area contributed by atoms with Crippen LogP contribution in [0.4, 0.5) is 5.69 Å². The van der Waals surface area contributed by atoms with Gasteiger partial charge < -0.3 is 29.1 Å². The molecule has 0 saturated carbocycles. The van der Waals surface area contributed by atoms with E-state index >= 15 is 0 Å². The number of para-hydroxylation sites is 1. The summed E-state index contributed by atoms with van der Waals surface area (Å²) < 4.78 is 16.3. The van der Waals surface area contributed by atoms with E-state index in [-0.39, 0.29) is 0 Å². The van der Waals surface area contributed by atoms with E-state index in [9.17, 15) is 5.11 Å². The molecule has 1 heterocycles. The summed E-state index contributed by atoms with van der Waals surface area (Å²) >= 11 is 0. The Kier molecular flexibility index (Phi) is 7.54. The smallest absolute Gasteiger partial charge is 0.161 e. The number of anilines is 1. The molecule has 6 nitrogen and oxygen atoms in total. The average molecular weight is 388 g/mol. The summed E-state index contributed by atoms with van der Waals surface area (Å²) in [6, 6.07) is 16.2. The molecule has 0 aromatic heterocycles. The van der Waals surface area contributed by atoms with Gasteiger partial charge >= 0.3 is 0 Å². The van der Waals surface area contributed by atoms with E-state index in [0.717, 1.165) is 31.7 Å². The summed E-state index contributed by atoms with van der Waals surface area (Å²) in [6.07, 6.45) is -0.460. The van der Waals surface area contributed by atoms with Gasteiger partial charge in [0.1, 0.15) is 12.6 Å². The highest BCUT2D eigenvalue weighted by molar-refractivity contribution is 5.46. The predicted molar refractivity (Wildman–Crippen MR) is 109 cm³/mol. The Bertz CT molecular complexity index is 718. The molecular weight excluding hydrogens is 356 g/mol. The minimum atomic E-state index is -0.460. The summed E-state index contributed by atoms with van der Waals surface area (Å²) in [5, 5.41) is 10.3. The summed E-state index contributed by atoms with van der Waals surface area (Å²) in [4.78, 5) is 3.83. The van der Waals surface area contributed by atoms with Crippen molar-refractivity contribution in [3.63, 3.8) is 0 Å². The Hall–Kier alpha value is -2.28. The van der Waals surface area contributed by atoms with Crippen LogP contribution in [-0.4, -0.2) is 64.8 Å². The maximum absolute atomic E-state index is 10.3. The molecule has 1 aliphatic rings. The van der Waals surface area contributed by atoms with Crippen LogP contribution in [0.25, 0.3) is 0 Å². The van der Waals surface area contributed by atoms with Crippen molar-refractivity contribution in [3.8, 4) is 11.5 Å². The lowest BCUT2D eigenvalue weighted by Gasteiger charge is -2.34. The first-order valence-corrected chi connectivity index (χ1v) is 9.80. The van der Waals surface area contributed by atoms with E-state index in [1.807, 2.05) is 24.3 Å². The largest absolute Gasteiger partial charge is 0.493 e. The maximum Gasteiger partial charge on any atom is 0.161 e. The van der Waals surface area contributed by atoms with Crippen LogP contribution < -0.4 is 19.3 Å². The van der Waals surface area contributed by atoms with Gasteiger partial charge in [0.25, 0.3) is 0 Å². The Morgan fingerprint density at radius 1 is 1.00 bits per heavy atom. The third-order valence-electron chi connectivity index (χ3n) is 5.14. The monoisotopic (exact) mass is 387 g/mol. The number of rotatable bonds is 9. The van der Waals surface area contributed by atoms with Crippen molar-refractivity contribution in [3.05, 3.63) is 54.1 Å². The Labute approximate surface area is 167 Å². The normalized spacial score (nSPS) is 16.0. The first-order chi connectivity index (χ1) is 13.7. The van der Waals surface area contributed by atoms with Gasteiger partial charge in [0.15, 0.2) is 11.5 Å². The minimum absolute atomic E-state index is 0.334. The Morgan fingerprint density at radius 2 is 1.71 bits per heavy atom. The number of piperazine rings is 1. The fourth-order valence-electron chi connectivity index (χ4n) is 3.60. The topological polar surface area (TPSA) is 55.6 Å². The lowest BCUT2D eigenvalue weighted by atomic mass is 10.2. The highest BCUT2D eigenvalue weighted by Gasteiger charge is 2.22. The van der Waals surface area contributed by atoms with E-state index in [1.165, 1.54) is 10.6 Å². The van der Waals surface area contributed by atoms with E-state index < -0.39 is 6.10 Å². The molecule has 1 aliphatic heterocycles. The second-order valence-electron chi connectivity index (χ2n) is 7.14. The summed E-state index contributed by atoms with van der Waals surface area (Å²) in [7, 11) is 3.24. The molecule has 2 aromatic rings. The summed E-state index contributed by atoms with van der Waals surface area (Å²) in [5.41, 5.74) is 2.27. The zero-order chi connectivity index (χ0) is 19.8. The molecule has 0 aliphatic carbocycles. The van der Waals surface area contributed by atoms with Crippen LogP contribution in [0.15, 0.2) is 48.5 Å². The van der Waals surface area contributed by atoms with Crippen molar-refractivity contribution in [1.82, 2.24) is 0 Å². The minimum Gasteiger partial charge on any atom is -0.493 e. The van der Waals surface area contributed by atoms with E-state index in [4.69, 9.17) is 14.2 Å². The van der Waals surface area contributed by atoms with Gasteiger partial charge in [-0.25, -0.2) is 0 Å². The van der Waals surface area contributed by atoms with Crippen LogP contribution in [0.1, 0.15) is 5.56 Å². The summed E-state index contributed by atoms with van der Waals surface area (Å²) in [6.45, 7) is 5.57. The van der Waals surface area contributed by atoms with Crippen LogP contribution in [0.3, 0.4) is 0 Å². The van der Waals surface area contributed by atoms with E-state index in [0.29, 0.717) is 31.3 Å². The molecule has 28 heavy (non-hydrogen) atoms. The molecule has 3 rings (SSSR count). The highest BCUT2D eigenvalue weighted by Crippen LogP contribution is 2.27. The molecule has 0 spiro atoms. The molecule has 0 unspecified atom stereocenters. The second-order valence-corrected chi connectivity index (χ2v) is 7.14. The van der Waals surface area contributed by atoms with Crippen molar-refractivity contribution < 1.29 is 24.2 Å². The first kappa shape index (κ1) is 20.5. The molecule has 0 bridgehead atoms. The van der Waals surface area contributed by atoms with Gasteiger partial charge in [-0.15, -0.1) is 0 Å². The molecule has 1 saturated heterocycles. The van der Waals surface area contributed by atoms with Gasteiger partial charge in [0.05, 0.1) is 53.6 Å².